The fraction of sp³-hybridized carbons (Fsp3) is 0.917. The topological polar surface area (TPSA) is 32.3 Å². The molecule has 3 heteroatoms. The molecule has 0 spiro atoms. The highest BCUT2D eigenvalue weighted by Gasteiger charge is 2.21. The molecule has 90 valence electrons. The molecule has 1 N–H and O–H groups in total. The van der Waals surface area contributed by atoms with Crippen LogP contribution in [0.1, 0.15) is 41.5 Å². The van der Waals surface area contributed by atoms with Gasteiger partial charge in [0.2, 0.25) is 5.91 Å². The van der Waals surface area contributed by atoms with E-state index in [9.17, 15) is 4.79 Å². The zero-order chi connectivity index (χ0) is 11.3. The molecule has 0 aromatic heterocycles. The number of carbonyl (C=O) groups excluding carboxylic acids is 1. The summed E-state index contributed by atoms with van der Waals surface area (Å²) in [4.78, 5) is 13.5. The number of rotatable bonds is 4. The van der Waals surface area contributed by atoms with E-state index in [-0.39, 0.29) is 1.43 Å². The van der Waals surface area contributed by atoms with E-state index in [1.807, 2.05) is 11.8 Å². The van der Waals surface area contributed by atoms with Crippen molar-refractivity contribution in [1.82, 2.24) is 10.2 Å². The Balaban J connectivity index is 0.00000225. The maximum Gasteiger partial charge on any atom is 0.222 e. The van der Waals surface area contributed by atoms with Gasteiger partial charge in [-0.2, -0.15) is 0 Å². The molecule has 0 atom stereocenters. The highest BCUT2D eigenvalue weighted by atomic mass is 16.2. The summed E-state index contributed by atoms with van der Waals surface area (Å²) >= 11 is 0. The minimum Gasteiger partial charge on any atom is -0.343 e. The highest BCUT2D eigenvalue weighted by molar-refractivity contribution is 5.75. The van der Waals surface area contributed by atoms with Gasteiger partial charge in [-0.3, -0.25) is 4.79 Å². The zero-order valence-corrected chi connectivity index (χ0v) is 10.3. The molecular formula is C12H26N2O. The van der Waals surface area contributed by atoms with Crippen molar-refractivity contribution in [3.63, 3.8) is 0 Å². The number of carbonyl (C=O) groups is 1. The number of piperidine rings is 1. The molecule has 0 radical (unpaired) electrons. The Morgan fingerprint density at radius 1 is 1.47 bits per heavy atom. The van der Waals surface area contributed by atoms with Crippen LogP contribution in [0.3, 0.4) is 0 Å². The number of likely N-dealkylation sites (tertiary alicyclic amines) is 1. The van der Waals surface area contributed by atoms with Gasteiger partial charge in [0.1, 0.15) is 0 Å². The van der Waals surface area contributed by atoms with Crippen LogP contribution in [0.25, 0.3) is 0 Å². The summed E-state index contributed by atoms with van der Waals surface area (Å²) in [6.07, 6.45) is 2.96. The van der Waals surface area contributed by atoms with Crippen molar-refractivity contribution in [2.24, 2.45) is 5.92 Å². The van der Waals surface area contributed by atoms with Crippen LogP contribution < -0.4 is 5.32 Å². The third-order valence-corrected chi connectivity index (χ3v) is 3.08. The minimum atomic E-state index is 0. The van der Waals surface area contributed by atoms with E-state index in [1.54, 1.807) is 0 Å². The molecule has 1 rings (SSSR count). The van der Waals surface area contributed by atoms with E-state index in [0.29, 0.717) is 18.4 Å². The van der Waals surface area contributed by atoms with Crippen molar-refractivity contribution < 1.29 is 6.22 Å². The number of nitrogens with one attached hydrogen (secondary N) is 1. The lowest BCUT2D eigenvalue weighted by atomic mass is 9.96. The van der Waals surface area contributed by atoms with Crippen LogP contribution in [0.15, 0.2) is 0 Å². The SMILES string of the molecule is CCC(=O)N1CCC(CNC(C)C)CC1.[HH]. The number of hydrogen-bond acceptors (Lipinski definition) is 2. The Morgan fingerprint density at radius 3 is 2.53 bits per heavy atom. The second-order valence-electron chi connectivity index (χ2n) is 4.74. The van der Waals surface area contributed by atoms with Crippen LogP contribution >= 0.6 is 0 Å². The van der Waals surface area contributed by atoms with E-state index in [1.165, 1.54) is 0 Å². The molecule has 1 amide bonds. The average molecular weight is 214 g/mol. The van der Waals surface area contributed by atoms with Crippen LogP contribution in [0.2, 0.25) is 0 Å². The van der Waals surface area contributed by atoms with Gasteiger partial charge in [0.25, 0.3) is 0 Å². The van der Waals surface area contributed by atoms with Crippen LogP contribution in [0.4, 0.5) is 0 Å². The van der Waals surface area contributed by atoms with Gasteiger partial charge in [-0.25, -0.2) is 0 Å². The lowest BCUT2D eigenvalue weighted by molar-refractivity contribution is -0.132. The van der Waals surface area contributed by atoms with Crippen LogP contribution in [-0.2, 0) is 4.79 Å². The third kappa shape index (κ3) is 4.20. The van der Waals surface area contributed by atoms with Crippen molar-refractivity contribution in [3.8, 4) is 0 Å². The van der Waals surface area contributed by atoms with Gasteiger partial charge >= 0.3 is 0 Å². The fourth-order valence-corrected chi connectivity index (χ4v) is 2.01. The molecule has 0 aromatic carbocycles. The Bertz CT molecular complexity index is 201. The average Bonchev–Trinajstić information content (AvgIpc) is 2.26. The van der Waals surface area contributed by atoms with Gasteiger partial charge < -0.3 is 10.2 Å². The first-order valence-electron chi connectivity index (χ1n) is 6.14. The maximum absolute atomic E-state index is 11.4. The largest absolute Gasteiger partial charge is 0.343 e. The molecule has 0 unspecified atom stereocenters. The van der Waals surface area contributed by atoms with Crippen molar-refractivity contribution in [1.29, 1.82) is 0 Å². The summed E-state index contributed by atoms with van der Waals surface area (Å²) in [7, 11) is 0. The van der Waals surface area contributed by atoms with Gasteiger partial charge in [0.15, 0.2) is 0 Å². The molecule has 0 bridgehead atoms. The van der Waals surface area contributed by atoms with Gasteiger partial charge in [-0.15, -0.1) is 0 Å². The summed E-state index contributed by atoms with van der Waals surface area (Å²) in [5.74, 6) is 1.07. The Hall–Kier alpha value is -0.570. The molecule has 0 saturated carbocycles. The predicted octanol–water partition coefficient (Wildman–Crippen LogP) is 1.88. The number of hydrogen-bond donors (Lipinski definition) is 1. The molecule has 1 heterocycles. The third-order valence-electron chi connectivity index (χ3n) is 3.08. The smallest absolute Gasteiger partial charge is 0.222 e. The molecule has 15 heavy (non-hydrogen) atoms. The Kier molecular flexibility index (Phi) is 5.09. The summed E-state index contributed by atoms with van der Waals surface area (Å²) < 4.78 is 0. The second kappa shape index (κ2) is 6.11. The maximum atomic E-state index is 11.4. The number of amides is 1. The Morgan fingerprint density at radius 2 is 2.07 bits per heavy atom. The van der Waals surface area contributed by atoms with E-state index >= 15 is 0 Å². The minimum absolute atomic E-state index is 0. The van der Waals surface area contributed by atoms with E-state index in [2.05, 4.69) is 19.2 Å². The summed E-state index contributed by atoms with van der Waals surface area (Å²) in [5, 5.41) is 3.47. The summed E-state index contributed by atoms with van der Waals surface area (Å²) in [5.41, 5.74) is 0. The summed E-state index contributed by atoms with van der Waals surface area (Å²) in [6, 6.07) is 0.570. The second-order valence-corrected chi connectivity index (χ2v) is 4.74. The first kappa shape index (κ1) is 12.5. The summed E-state index contributed by atoms with van der Waals surface area (Å²) in [6.45, 7) is 9.31. The van der Waals surface area contributed by atoms with Crippen molar-refractivity contribution in [3.05, 3.63) is 0 Å². The van der Waals surface area contributed by atoms with Crippen LogP contribution in [0.5, 0.6) is 0 Å². The van der Waals surface area contributed by atoms with Gasteiger partial charge in [-0.05, 0) is 25.3 Å². The van der Waals surface area contributed by atoms with Crippen molar-refractivity contribution >= 4 is 5.91 Å². The van der Waals surface area contributed by atoms with E-state index in [4.69, 9.17) is 0 Å². The first-order valence-corrected chi connectivity index (χ1v) is 6.14. The Labute approximate surface area is 94.7 Å². The standard InChI is InChI=1S/C12H24N2O.H2/c1-4-12(15)14-7-5-11(6-8-14)9-13-10(2)3;/h10-11,13H,4-9H2,1-3H3;1H. The van der Waals surface area contributed by atoms with Crippen LogP contribution in [-0.4, -0.2) is 36.5 Å². The van der Waals surface area contributed by atoms with Gasteiger partial charge in [-0.1, -0.05) is 20.8 Å². The molecule has 1 fully saturated rings. The van der Waals surface area contributed by atoms with Gasteiger partial charge in [0.05, 0.1) is 0 Å². The van der Waals surface area contributed by atoms with Crippen LogP contribution in [0, 0.1) is 5.92 Å². The lowest BCUT2D eigenvalue weighted by Gasteiger charge is -2.32. The monoisotopic (exact) mass is 214 g/mol. The zero-order valence-electron chi connectivity index (χ0n) is 10.3. The first-order chi connectivity index (χ1) is 7.13. The fourth-order valence-electron chi connectivity index (χ4n) is 2.01. The molecule has 0 aromatic rings. The molecule has 3 nitrogen and oxygen atoms in total. The molecule has 1 aliphatic heterocycles. The van der Waals surface area contributed by atoms with E-state index < -0.39 is 0 Å². The molecular weight excluding hydrogens is 188 g/mol. The van der Waals surface area contributed by atoms with Crippen molar-refractivity contribution in [2.75, 3.05) is 19.6 Å². The lowest BCUT2D eigenvalue weighted by Crippen LogP contribution is -2.41. The quantitative estimate of drug-likeness (QED) is 0.775. The molecule has 0 aliphatic carbocycles. The molecule has 1 saturated heterocycles. The highest BCUT2D eigenvalue weighted by Crippen LogP contribution is 2.17. The van der Waals surface area contributed by atoms with Crippen molar-refractivity contribution in [2.45, 2.75) is 46.1 Å². The number of nitrogens with zero attached hydrogens (tertiary/aromatic N) is 1. The van der Waals surface area contributed by atoms with Gasteiger partial charge in [0, 0.05) is 27.0 Å². The molecule has 1 aliphatic rings. The normalized spacial score (nSPS) is 18.5. The van der Waals surface area contributed by atoms with E-state index in [0.717, 1.165) is 38.4 Å². The predicted molar refractivity (Wildman–Crippen MR) is 64.8 cm³/mol.